The first-order chi connectivity index (χ1) is 10.1. The number of nitrogens with one attached hydrogen (secondary N) is 2. The highest BCUT2D eigenvalue weighted by Crippen LogP contribution is 2.20. The monoisotopic (exact) mass is 285 g/mol. The van der Waals surface area contributed by atoms with Gasteiger partial charge in [0, 0.05) is 29.4 Å². The molecular weight excluding hydrogens is 266 g/mol. The van der Waals surface area contributed by atoms with Gasteiger partial charge in [-0.05, 0) is 32.1 Å². The topological polar surface area (TPSA) is 67.0 Å². The van der Waals surface area contributed by atoms with Gasteiger partial charge in [-0.2, -0.15) is 5.10 Å². The third kappa shape index (κ3) is 3.95. The van der Waals surface area contributed by atoms with Crippen LogP contribution in [0.25, 0.3) is 6.08 Å². The van der Waals surface area contributed by atoms with Crippen LogP contribution in [-0.2, 0) is 11.3 Å². The summed E-state index contributed by atoms with van der Waals surface area (Å²) in [4.78, 5) is 11.8. The molecule has 0 atom stereocenters. The molecule has 1 aromatic carbocycles. The number of nitrogens with zero attached hydrogens (tertiary/aromatic N) is 1. The summed E-state index contributed by atoms with van der Waals surface area (Å²) in [5, 5.41) is 9.57. The predicted molar refractivity (Wildman–Crippen MR) is 81.9 cm³/mol. The summed E-state index contributed by atoms with van der Waals surface area (Å²) in [5.74, 6) is 0.592. The van der Waals surface area contributed by atoms with Crippen LogP contribution in [-0.4, -0.2) is 23.2 Å². The molecule has 0 aliphatic rings. The van der Waals surface area contributed by atoms with E-state index in [0.717, 1.165) is 28.1 Å². The molecule has 110 valence electrons. The van der Waals surface area contributed by atoms with Crippen LogP contribution in [0.4, 0.5) is 0 Å². The van der Waals surface area contributed by atoms with Gasteiger partial charge in [0.15, 0.2) is 0 Å². The maximum Gasteiger partial charge on any atom is 0.244 e. The molecule has 21 heavy (non-hydrogen) atoms. The van der Waals surface area contributed by atoms with Crippen molar-refractivity contribution >= 4 is 12.0 Å². The summed E-state index contributed by atoms with van der Waals surface area (Å²) >= 11 is 0. The standard InChI is InChI=1S/C16H19N3O2/c1-11-4-6-15(21-3)13(8-11)5-7-16(20)17-9-14-10-18-19-12(14)2/h4-8,10H,9H2,1-3H3,(H,17,20)(H,18,19)/b7-5+. The lowest BCUT2D eigenvalue weighted by molar-refractivity contribution is -0.116. The molecule has 1 heterocycles. The Hall–Kier alpha value is -2.56. The Bertz CT molecular complexity index is 659. The lowest BCUT2D eigenvalue weighted by Gasteiger charge is -2.05. The zero-order valence-electron chi connectivity index (χ0n) is 12.4. The molecule has 0 saturated heterocycles. The van der Waals surface area contributed by atoms with Gasteiger partial charge >= 0.3 is 0 Å². The number of carbonyl (C=O) groups excluding carboxylic acids is 1. The van der Waals surface area contributed by atoms with E-state index in [2.05, 4.69) is 15.5 Å². The Balaban J connectivity index is 1.99. The average molecular weight is 285 g/mol. The van der Waals surface area contributed by atoms with Gasteiger partial charge in [0.2, 0.25) is 5.91 Å². The normalized spacial score (nSPS) is 10.8. The first-order valence-electron chi connectivity index (χ1n) is 6.69. The van der Waals surface area contributed by atoms with Gasteiger partial charge in [-0.25, -0.2) is 0 Å². The number of aromatic amines is 1. The third-order valence-electron chi connectivity index (χ3n) is 3.19. The fourth-order valence-corrected chi connectivity index (χ4v) is 1.94. The van der Waals surface area contributed by atoms with E-state index in [9.17, 15) is 4.79 Å². The molecule has 1 aromatic heterocycles. The van der Waals surface area contributed by atoms with Crippen molar-refractivity contribution in [2.45, 2.75) is 20.4 Å². The van der Waals surface area contributed by atoms with E-state index in [-0.39, 0.29) is 5.91 Å². The number of aromatic nitrogens is 2. The highest BCUT2D eigenvalue weighted by molar-refractivity contribution is 5.92. The number of aryl methyl sites for hydroxylation is 2. The largest absolute Gasteiger partial charge is 0.496 e. The van der Waals surface area contributed by atoms with Gasteiger partial charge in [-0.1, -0.05) is 11.6 Å². The van der Waals surface area contributed by atoms with Crippen molar-refractivity contribution < 1.29 is 9.53 Å². The van der Waals surface area contributed by atoms with Crippen molar-refractivity contribution in [1.82, 2.24) is 15.5 Å². The second kappa shape index (κ2) is 6.74. The predicted octanol–water partition coefficient (Wildman–Crippen LogP) is 2.36. The first kappa shape index (κ1) is 14.8. The molecule has 5 nitrogen and oxygen atoms in total. The van der Waals surface area contributed by atoms with Crippen LogP contribution < -0.4 is 10.1 Å². The first-order valence-corrected chi connectivity index (χ1v) is 6.69. The van der Waals surface area contributed by atoms with E-state index < -0.39 is 0 Å². The highest BCUT2D eigenvalue weighted by atomic mass is 16.5. The molecule has 5 heteroatoms. The van der Waals surface area contributed by atoms with Crippen molar-refractivity contribution in [3.63, 3.8) is 0 Å². The zero-order chi connectivity index (χ0) is 15.2. The molecule has 0 saturated carbocycles. The molecule has 0 spiro atoms. The SMILES string of the molecule is COc1ccc(C)cc1/C=C/C(=O)NCc1cn[nH]c1C. The fraction of sp³-hybridized carbons (Fsp3) is 0.250. The number of benzene rings is 1. The Morgan fingerprint density at radius 1 is 1.43 bits per heavy atom. The zero-order valence-corrected chi connectivity index (χ0v) is 12.4. The molecule has 2 N–H and O–H groups in total. The number of rotatable bonds is 5. The van der Waals surface area contributed by atoms with Crippen molar-refractivity contribution in [2.24, 2.45) is 0 Å². The Morgan fingerprint density at radius 3 is 2.90 bits per heavy atom. The molecule has 1 amide bonds. The minimum atomic E-state index is -0.154. The summed E-state index contributed by atoms with van der Waals surface area (Å²) in [6, 6.07) is 5.84. The molecule has 0 aliphatic heterocycles. The lowest BCUT2D eigenvalue weighted by Crippen LogP contribution is -2.20. The second-order valence-electron chi connectivity index (χ2n) is 4.82. The van der Waals surface area contributed by atoms with Crippen LogP contribution in [0.2, 0.25) is 0 Å². The number of hydrogen-bond donors (Lipinski definition) is 2. The molecule has 0 unspecified atom stereocenters. The van der Waals surface area contributed by atoms with Gasteiger partial charge in [-0.15, -0.1) is 0 Å². The van der Waals surface area contributed by atoms with Crippen LogP contribution in [0.15, 0.2) is 30.5 Å². The van der Waals surface area contributed by atoms with E-state index in [4.69, 9.17) is 4.74 Å². The lowest BCUT2D eigenvalue weighted by atomic mass is 10.1. The van der Waals surface area contributed by atoms with Gasteiger partial charge in [0.05, 0.1) is 13.3 Å². The quantitative estimate of drug-likeness (QED) is 0.829. The Kier molecular flexibility index (Phi) is 4.77. The molecular formula is C16H19N3O2. The van der Waals surface area contributed by atoms with E-state index in [1.54, 1.807) is 19.4 Å². The maximum atomic E-state index is 11.8. The minimum Gasteiger partial charge on any atom is -0.496 e. The number of carbonyl (C=O) groups is 1. The van der Waals surface area contributed by atoms with Crippen molar-refractivity contribution in [3.8, 4) is 5.75 Å². The molecule has 2 aromatic rings. The number of ether oxygens (including phenoxy) is 1. The van der Waals surface area contributed by atoms with Gasteiger partial charge in [-0.3, -0.25) is 9.89 Å². The highest BCUT2D eigenvalue weighted by Gasteiger charge is 2.03. The molecule has 0 radical (unpaired) electrons. The smallest absolute Gasteiger partial charge is 0.244 e. The Labute approximate surface area is 124 Å². The average Bonchev–Trinajstić information content (AvgIpc) is 2.88. The summed E-state index contributed by atoms with van der Waals surface area (Å²) in [6.45, 7) is 4.37. The van der Waals surface area contributed by atoms with E-state index in [0.29, 0.717) is 6.54 Å². The van der Waals surface area contributed by atoms with Crippen LogP contribution >= 0.6 is 0 Å². The van der Waals surface area contributed by atoms with E-state index in [1.807, 2.05) is 32.0 Å². The Morgan fingerprint density at radius 2 is 2.24 bits per heavy atom. The third-order valence-corrected chi connectivity index (χ3v) is 3.19. The second-order valence-corrected chi connectivity index (χ2v) is 4.82. The van der Waals surface area contributed by atoms with Crippen LogP contribution in [0, 0.1) is 13.8 Å². The molecule has 0 bridgehead atoms. The maximum absolute atomic E-state index is 11.8. The molecule has 0 fully saturated rings. The summed E-state index contributed by atoms with van der Waals surface area (Å²) in [7, 11) is 1.61. The number of amides is 1. The van der Waals surface area contributed by atoms with E-state index >= 15 is 0 Å². The number of H-pyrrole nitrogens is 1. The number of methoxy groups -OCH3 is 1. The van der Waals surface area contributed by atoms with Crippen molar-refractivity contribution in [2.75, 3.05) is 7.11 Å². The van der Waals surface area contributed by atoms with Crippen LogP contribution in [0.1, 0.15) is 22.4 Å². The fourth-order valence-electron chi connectivity index (χ4n) is 1.94. The molecule has 2 rings (SSSR count). The summed E-state index contributed by atoms with van der Waals surface area (Å²) in [5.41, 5.74) is 3.93. The van der Waals surface area contributed by atoms with E-state index in [1.165, 1.54) is 6.08 Å². The number of hydrogen-bond acceptors (Lipinski definition) is 3. The van der Waals surface area contributed by atoms with Gasteiger partial charge < -0.3 is 10.1 Å². The van der Waals surface area contributed by atoms with Crippen molar-refractivity contribution in [3.05, 3.63) is 52.9 Å². The van der Waals surface area contributed by atoms with Crippen LogP contribution in [0.5, 0.6) is 5.75 Å². The van der Waals surface area contributed by atoms with Gasteiger partial charge in [0.25, 0.3) is 0 Å². The van der Waals surface area contributed by atoms with Gasteiger partial charge in [0.1, 0.15) is 5.75 Å². The summed E-state index contributed by atoms with van der Waals surface area (Å²) in [6.07, 6.45) is 4.97. The molecule has 0 aliphatic carbocycles. The van der Waals surface area contributed by atoms with Crippen LogP contribution in [0.3, 0.4) is 0 Å². The minimum absolute atomic E-state index is 0.154. The van der Waals surface area contributed by atoms with Crippen molar-refractivity contribution in [1.29, 1.82) is 0 Å². The summed E-state index contributed by atoms with van der Waals surface area (Å²) < 4.78 is 5.27.